The van der Waals surface area contributed by atoms with Gasteiger partial charge in [-0.2, -0.15) is 4.99 Å². The molecule has 2 aromatic carbocycles. The van der Waals surface area contributed by atoms with Gasteiger partial charge in [0.15, 0.2) is 4.80 Å². The highest BCUT2D eigenvalue weighted by Crippen LogP contribution is 2.24. The minimum atomic E-state index is -0.108. The third-order valence-corrected chi connectivity index (χ3v) is 6.12. The predicted octanol–water partition coefficient (Wildman–Crippen LogP) is 5.61. The van der Waals surface area contributed by atoms with E-state index in [1.54, 1.807) is 11.3 Å². The summed E-state index contributed by atoms with van der Waals surface area (Å²) in [5, 5.41) is 0. The average Bonchev–Trinajstić information content (AvgIpc) is 2.95. The van der Waals surface area contributed by atoms with Gasteiger partial charge in [-0.1, -0.05) is 55.0 Å². The first-order valence-corrected chi connectivity index (χ1v) is 10.5. The van der Waals surface area contributed by atoms with Crippen molar-refractivity contribution in [2.75, 3.05) is 0 Å². The van der Waals surface area contributed by atoms with E-state index in [4.69, 9.17) is 0 Å². The Morgan fingerprint density at radius 3 is 2.46 bits per heavy atom. The van der Waals surface area contributed by atoms with Gasteiger partial charge in [-0.05, 0) is 61.1 Å². The van der Waals surface area contributed by atoms with Gasteiger partial charge in [0.2, 0.25) is 0 Å². The SMILES string of the molecule is C=CCn1c(=NC(=O)Cc2c(C)cc(C)cc2C)sc2cc(C(C)C)ccc21. The Morgan fingerprint density at radius 2 is 1.86 bits per heavy atom. The number of nitrogens with zero attached hydrogens (tertiary/aromatic N) is 2. The number of aromatic nitrogens is 1. The zero-order valence-electron chi connectivity index (χ0n) is 17.4. The molecule has 0 spiro atoms. The van der Waals surface area contributed by atoms with Crippen LogP contribution in [0.5, 0.6) is 0 Å². The van der Waals surface area contributed by atoms with E-state index in [2.05, 4.69) is 81.1 Å². The molecule has 0 bridgehead atoms. The van der Waals surface area contributed by atoms with Crippen molar-refractivity contribution in [3.05, 3.63) is 75.6 Å². The van der Waals surface area contributed by atoms with Gasteiger partial charge < -0.3 is 4.57 Å². The predicted molar refractivity (Wildman–Crippen MR) is 119 cm³/mol. The van der Waals surface area contributed by atoms with Crippen molar-refractivity contribution in [2.24, 2.45) is 4.99 Å². The molecule has 0 unspecified atom stereocenters. The molecule has 28 heavy (non-hydrogen) atoms. The maximum absolute atomic E-state index is 12.8. The normalized spacial score (nSPS) is 12.1. The minimum Gasteiger partial charge on any atom is -0.313 e. The molecule has 0 aliphatic rings. The molecule has 1 heterocycles. The summed E-state index contributed by atoms with van der Waals surface area (Å²) in [6.45, 7) is 15.1. The Balaban J connectivity index is 2.04. The number of carbonyl (C=O) groups is 1. The van der Waals surface area contributed by atoms with E-state index >= 15 is 0 Å². The van der Waals surface area contributed by atoms with Crippen molar-refractivity contribution in [3.8, 4) is 0 Å². The largest absolute Gasteiger partial charge is 0.313 e. The molecule has 3 nitrogen and oxygen atoms in total. The number of rotatable bonds is 5. The first-order valence-electron chi connectivity index (χ1n) is 9.68. The lowest BCUT2D eigenvalue weighted by atomic mass is 9.97. The number of carbonyl (C=O) groups excluding carboxylic acids is 1. The zero-order chi connectivity index (χ0) is 20.4. The van der Waals surface area contributed by atoms with E-state index in [1.807, 2.05) is 6.08 Å². The molecule has 3 rings (SSSR count). The Hall–Kier alpha value is -2.46. The third kappa shape index (κ3) is 4.17. The first kappa shape index (κ1) is 20.3. The molecule has 0 radical (unpaired) electrons. The summed E-state index contributed by atoms with van der Waals surface area (Å²) in [6, 6.07) is 10.7. The average molecular weight is 393 g/mol. The van der Waals surface area contributed by atoms with Crippen molar-refractivity contribution in [1.82, 2.24) is 4.57 Å². The lowest BCUT2D eigenvalue weighted by Gasteiger charge is -2.09. The van der Waals surface area contributed by atoms with Crippen LogP contribution in [0.4, 0.5) is 0 Å². The van der Waals surface area contributed by atoms with Gasteiger partial charge in [-0.3, -0.25) is 4.79 Å². The molecule has 0 N–H and O–H groups in total. The van der Waals surface area contributed by atoms with Crippen LogP contribution in [0.15, 0.2) is 48.0 Å². The number of benzene rings is 2. The van der Waals surface area contributed by atoms with Crippen LogP contribution >= 0.6 is 11.3 Å². The highest BCUT2D eigenvalue weighted by atomic mass is 32.1. The van der Waals surface area contributed by atoms with E-state index in [1.165, 1.54) is 11.1 Å². The second-order valence-corrected chi connectivity index (χ2v) is 8.73. The van der Waals surface area contributed by atoms with Gasteiger partial charge in [0.1, 0.15) is 0 Å². The molecule has 0 atom stereocenters. The lowest BCUT2D eigenvalue weighted by molar-refractivity contribution is -0.117. The van der Waals surface area contributed by atoms with Crippen LogP contribution in [0.2, 0.25) is 0 Å². The van der Waals surface area contributed by atoms with Crippen LogP contribution in [-0.2, 0) is 17.8 Å². The molecule has 0 saturated carbocycles. The topological polar surface area (TPSA) is 34.4 Å². The maximum atomic E-state index is 12.8. The summed E-state index contributed by atoms with van der Waals surface area (Å²) in [6.07, 6.45) is 2.18. The van der Waals surface area contributed by atoms with E-state index in [0.29, 0.717) is 18.9 Å². The van der Waals surface area contributed by atoms with E-state index in [0.717, 1.165) is 31.7 Å². The number of hydrogen-bond acceptors (Lipinski definition) is 2. The molecule has 1 aromatic heterocycles. The van der Waals surface area contributed by atoms with Crippen LogP contribution < -0.4 is 4.80 Å². The van der Waals surface area contributed by atoms with Gasteiger partial charge >= 0.3 is 0 Å². The molecular formula is C24H28N2OS. The van der Waals surface area contributed by atoms with E-state index < -0.39 is 0 Å². The van der Waals surface area contributed by atoms with E-state index in [-0.39, 0.29) is 5.91 Å². The fourth-order valence-corrected chi connectivity index (χ4v) is 4.73. The number of allylic oxidation sites excluding steroid dienone is 1. The molecule has 146 valence electrons. The lowest BCUT2D eigenvalue weighted by Crippen LogP contribution is -2.17. The fraction of sp³-hybridized carbons (Fsp3) is 0.333. The Morgan fingerprint density at radius 1 is 1.18 bits per heavy atom. The van der Waals surface area contributed by atoms with Crippen LogP contribution in [0.3, 0.4) is 0 Å². The maximum Gasteiger partial charge on any atom is 0.252 e. The summed E-state index contributed by atoms with van der Waals surface area (Å²) in [5.41, 5.74) is 7.00. The highest BCUT2D eigenvalue weighted by molar-refractivity contribution is 7.16. The van der Waals surface area contributed by atoms with Crippen LogP contribution in [-0.4, -0.2) is 10.5 Å². The number of thiazole rings is 1. The van der Waals surface area contributed by atoms with Crippen molar-refractivity contribution in [1.29, 1.82) is 0 Å². The summed E-state index contributed by atoms with van der Waals surface area (Å²) >= 11 is 1.57. The van der Waals surface area contributed by atoms with Crippen molar-refractivity contribution < 1.29 is 4.79 Å². The Kier molecular flexibility index (Phi) is 5.99. The molecule has 0 aliphatic carbocycles. The second kappa shape index (κ2) is 8.27. The standard InChI is InChI=1S/C24H28N2OS/c1-7-10-26-21-9-8-19(15(2)3)13-22(21)28-24(26)25-23(27)14-20-17(5)11-16(4)12-18(20)6/h7-9,11-13,15H,1,10,14H2,2-6H3. The molecule has 3 aromatic rings. The number of amides is 1. The van der Waals surface area contributed by atoms with Gasteiger partial charge in [0, 0.05) is 6.54 Å². The molecule has 0 aliphatic heterocycles. The quantitative estimate of drug-likeness (QED) is 0.520. The van der Waals surface area contributed by atoms with Crippen LogP contribution in [0, 0.1) is 20.8 Å². The van der Waals surface area contributed by atoms with Crippen molar-refractivity contribution in [2.45, 2.75) is 53.5 Å². The molecule has 0 fully saturated rings. The summed E-state index contributed by atoms with van der Waals surface area (Å²) in [4.78, 5) is 18.0. The summed E-state index contributed by atoms with van der Waals surface area (Å²) in [7, 11) is 0. The Bertz CT molecular complexity index is 1090. The van der Waals surface area contributed by atoms with Crippen molar-refractivity contribution >= 4 is 27.5 Å². The smallest absolute Gasteiger partial charge is 0.252 e. The number of aryl methyl sites for hydroxylation is 3. The molecule has 0 saturated heterocycles. The fourth-order valence-electron chi connectivity index (χ4n) is 3.63. The molecule has 1 amide bonds. The van der Waals surface area contributed by atoms with Gasteiger partial charge in [0.05, 0.1) is 16.6 Å². The van der Waals surface area contributed by atoms with Crippen LogP contribution in [0.1, 0.15) is 47.6 Å². The third-order valence-electron chi connectivity index (χ3n) is 5.07. The minimum absolute atomic E-state index is 0.108. The monoisotopic (exact) mass is 392 g/mol. The Labute approximate surface area is 171 Å². The van der Waals surface area contributed by atoms with Crippen molar-refractivity contribution in [3.63, 3.8) is 0 Å². The second-order valence-electron chi connectivity index (χ2n) is 7.73. The zero-order valence-corrected chi connectivity index (χ0v) is 18.2. The van der Waals surface area contributed by atoms with E-state index in [9.17, 15) is 4.79 Å². The van der Waals surface area contributed by atoms with Gasteiger partial charge in [0.25, 0.3) is 5.91 Å². The summed E-state index contributed by atoms with van der Waals surface area (Å²) < 4.78 is 3.23. The van der Waals surface area contributed by atoms with Gasteiger partial charge in [-0.15, -0.1) is 6.58 Å². The van der Waals surface area contributed by atoms with Gasteiger partial charge in [-0.25, -0.2) is 0 Å². The number of fused-ring (bicyclic) bond motifs is 1. The molecule has 4 heteroatoms. The first-order chi connectivity index (χ1) is 13.3. The number of hydrogen-bond donors (Lipinski definition) is 0. The highest BCUT2D eigenvalue weighted by Gasteiger charge is 2.12. The van der Waals surface area contributed by atoms with Crippen LogP contribution in [0.25, 0.3) is 10.2 Å². The summed E-state index contributed by atoms with van der Waals surface area (Å²) in [5.74, 6) is 0.359. The molecular weight excluding hydrogens is 364 g/mol.